The SMILES string of the molecule is Cc1nc2cc(Cl)cnc2n1Cc1ccccc1C#N. The number of hydrogen-bond acceptors (Lipinski definition) is 3. The molecule has 3 rings (SSSR count). The van der Waals surface area contributed by atoms with Gasteiger partial charge in [0.05, 0.1) is 23.2 Å². The van der Waals surface area contributed by atoms with Gasteiger partial charge in [0, 0.05) is 6.20 Å². The van der Waals surface area contributed by atoms with Gasteiger partial charge in [-0.05, 0) is 24.6 Å². The minimum absolute atomic E-state index is 0.569. The normalized spacial score (nSPS) is 10.7. The predicted octanol–water partition coefficient (Wildman–Crippen LogP) is 3.31. The van der Waals surface area contributed by atoms with Crippen molar-refractivity contribution in [2.45, 2.75) is 13.5 Å². The Kier molecular flexibility index (Phi) is 3.13. The van der Waals surface area contributed by atoms with E-state index in [9.17, 15) is 0 Å². The Morgan fingerprint density at radius 1 is 1.35 bits per heavy atom. The third kappa shape index (κ3) is 2.13. The van der Waals surface area contributed by atoms with Crippen molar-refractivity contribution in [1.82, 2.24) is 14.5 Å². The van der Waals surface area contributed by atoms with Gasteiger partial charge in [-0.3, -0.25) is 0 Å². The number of hydrogen-bond donors (Lipinski definition) is 0. The highest BCUT2D eigenvalue weighted by molar-refractivity contribution is 6.31. The fourth-order valence-electron chi connectivity index (χ4n) is 2.23. The largest absolute Gasteiger partial charge is 0.308 e. The lowest BCUT2D eigenvalue weighted by Crippen LogP contribution is -2.04. The average molecular weight is 283 g/mol. The molecule has 0 aliphatic heterocycles. The first-order valence-corrected chi connectivity index (χ1v) is 6.53. The minimum atomic E-state index is 0.569. The second-order valence-electron chi connectivity index (χ2n) is 4.51. The Morgan fingerprint density at radius 2 is 2.15 bits per heavy atom. The first kappa shape index (κ1) is 12.6. The van der Waals surface area contributed by atoms with Crippen molar-refractivity contribution in [1.29, 1.82) is 5.26 Å². The van der Waals surface area contributed by atoms with Crippen molar-refractivity contribution in [2.75, 3.05) is 0 Å². The fourth-order valence-corrected chi connectivity index (χ4v) is 2.38. The summed E-state index contributed by atoms with van der Waals surface area (Å²) in [5.74, 6) is 0.850. The topological polar surface area (TPSA) is 54.5 Å². The van der Waals surface area contributed by atoms with E-state index in [4.69, 9.17) is 16.9 Å². The van der Waals surface area contributed by atoms with Crippen LogP contribution in [0.2, 0.25) is 5.02 Å². The number of halogens is 1. The summed E-state index contributed by atoms with van der Waals surface area (Å²) < 4.78 is 1.99. The van der Waals surface area contributed by atoms with E-state index in [1.54, 1.807) is 12.3 Å². The molecule has 0 saturated heterocycles. The smallest absolute Gasteiger partial charge is 0.160 e. The van der Waals surface area contributed by atoms with Crippen LogP contribution in [-0.4, -0.2) is 14.5 Å². The third-order valence-electron chi connectivity index (χ3n) is 3.21. The van der Waals surface area contributed by atoms with Gasteiger partial charge in [-0.15, -0.1) is 0 Å². The van der Waals surface area contributed by atoms with Gasteiger partial charge in [0.15, 0.2) is 5.65 Å². The number of fused-ring (bicyclic) bond motifs is 1. The van der Waals surface area contributed by atoms with E-state index in [0.29, 0.717) is 17.1 Å². The van der Waals surface area contributed by atoms with Gasteiger partial charge in [-0.2, -0.15) is 5.26 Å². The molecule has 3 aromatic rings. The van der Waals surface area contributed by atoms with Crippen LogP contribution < -0.4 is 0 Å². The predicted molar refractivity (Wildman–Crippen MR) is 77.5 cm³/mol. The van der Waals surface area contributed by atoms with Crippen LogP contribution in [0.1, 0.15) is 17.0 Å². The van der Waals surface area contributed by atoms with Gasteiger partial charge >= 0.3 is 0 Å². The monoisotopic (exact) mass is 282 g/mol. The summed E-state index contributed by atoms with van der Waals surface area (Å²) in [7, 11) is 0. The minimum Gasteiger partial charge on any atom is -0.308 e. The Labute approximate surface area is 121 Å². The van der Waals surface area contributed by atoms with Crippen molar-refractivity contribution in [3.63, 3.8) is 0 Å². The number of nitriles is 1. The van der Waals surface area contributed by atoms with Crippen molar-refractivity contribution < 1.29 is 0 Å². The molecule has 0 saturated carbocycles. The van der Waals surface area contributed by atoms with Crippen LogP contribution >= 0.6 is 11.6 Å². The molecule has 0 N–H and O–H groups in total. The van der Waals surface area contributed by atoms with Gasteiger partial charge in [0.25, 0.3) is 0 Å². The Morgan fingerprint density at radius 3 is 2.95 bits per heavy atom. The van der Waals surface area contributed by atoms with Gasteiger partial charge in [0.2, 0.25) is 0 Å². The number of aryl methyl sites for hydroxylation is 1. The molecule has 5 heteroatoms. The molecule has 0 atom stereocenters. The summed E-state index contributed by atoms with van der Waals surface area (Å²) in [4.78, 5) is 8.80. The van der Waals surface area contributed by atoms with Crippen LogP contribution in [0.15, 0.2) is 36.5 Å². The molecule has 4 nitrogen and oxygen atoms in total. The highest BCUT2D eigenvalue weighted by Gasteiger charge is 2.11. The van der Waals surface area contributed by atoms with Crippen LogP contribution in [0, 0.1) is 18.3 Å². The summed E-state index contributed by atoms with van der Waals surface area (Å²) in [6, 6.07) is 11.5. The number of rotatable bonds is 2. The third-order valence-corrected chi connectivity index (χ3v) is 3.42. The van der Waals surface area contributed by atoms with Crippen molar-refractivity contribution in [3.05, 3.63) is 58.5 Å². The Hall–Kier alpha value is -2.38. The summed E-state index contributed by atoms with van der Waals surface area (Å²) >= 11 is 5.93. The van der Waals surface area contributed by atoms with Crippen LogP contribution in [-0.2, 0) is 6.54 Å². The number of imidazole rings is 1. The van der Waals surface area contributed by atoms with Gasteiger partial charge in [-0.25, -0.2) is 9.97 Å². The molecule has 2 heterocycles. The van der Waals surface area contributed by atoms with E-state index < -0.39 is 0 Å². The molecule has 0 aliphatic rings. The van der Waals surface area contributed by atoms with E-state index in [1.165, 1.54) is 0 Å². The fraction of sp³-hybridized carbons (Fsp3) is 0.133. The highest BCUT2D eigenvalue weighted by atomic mass is 35.5. The van der Waals surface area contributed by atoms with E-state index in [2.05, 4.69) is 16.0 Å². The second-order valence-corrected chi connectivity index (χ2v) is 4.95. The second kappa shape index (κ2) is 4.95. The summed E-state index contributed by atoms with van der Waals surface area (Å²) in [5.41, 5.74) is 3.17. The lowest BCUT2D eigenvalue weighted by Gasteiger charge is -2.07. The average Bonchev–Trinajstić information content (AvgIpc) is 2.75. The molecule has 2 aromatic heterocycles. The van der Waals surface area contributed by atoms with Crippen LogP contribution in [0.3, 0.4) is 0 Å². The molecule has 0 aliphatic carbocycles. The van der Waals surface area contributed by atoms with E-state index in [0.717, 1.165) is 22.6 Å². The van der Waals surface area contributed by atoms with Crippen molar-refractivity contribution >= 4 is 22.8 Å². The standard InChI is InChI=1S/C15H11ClN4/c1-10-19-14-6-13(16)8-18-15(14)20(10)9-12-5-3-2-4-11(12)7-17/h2-6,8H,9H2,1H3. The molecule has 0 amide bonds. The Bertz CT molecular complexity index is 829. The van der Waals surface area contributed by atoms with Crippen LogP contribution in [0.4, 0.5) is 0 Å². The van der Waals surface area contributed by atoms with E-state index >= 15 is 0 Å². The van der Waals surface area contributed by atoms with Crippen molar-refractivity contribution in [2.24, 2.45) is 0 Å². The first-order valence-electron chi connectivity index (χ1n) is 6.15. The number of pyridine rings is 1. The van der Waals surface area contributed by atoms with Crippen molar-refractivity contribution in [3.8, 4) is 6.07 Å². The number of benzene rings is 1. The molecule has 0 radical (unpaired) electrons. The van der Waals surface area contributed by atoms with E-state index in [-0.39, 0.29) is 0 Å². The lowest BCUT2D eigenvalue weighted by molar-refractivity contribution is 0.776. The van der Waals surface area contributed by atoms with Gasteiger partial charge in [-0.1, -0.05) is 29.8 Å². The molecular formula is C15H11ClN4. The van der Waals surface area contributed by atoms with Gasteiger partial charge in [0.1, 0.15) is 11.3 Å². The zero-order valence-corrected chi connectivity index (χ0v) is 11.6. The Balaban J connectivity index is 2.11. The molecule has 1 aromatic carbocycles. The molecule has 0 fully saturated rings. The van der Waals surface area contributed by atoms with Crippen LogP contribution in [0.5, 0.6) is 0 Å². The van der Waals surface area contributed by atoms with Crippen LogP contribution in [0.25, 0.3) is 11.2 Å². The zero-order valence-electron chi connectivity index (χ0n) is 10.8. The quantitative estimate of drug-likeness (QED) is 0.724. The van der Waals surface area contributed by atoms with Gasteiger partial charge < -0.3 is 4.57 Å². The summed E-state index contributed by atoms with van der Waals surface area (Å²) in [6.07, 6.45) is 1.61. The lowest BCUT2D eigenvalue weighted by atomic mass is 10.1. The zero-order chi connectivity index (χ0) is 14.1. The maximum Gasteiger partial charge on any atom is 0.160 e. The molecule has 0 bridgehead atoms. The number of aromatic nitrogens is 3. The molecular weight excluding hydrogens is 272 g/mol. The maximum atomic E-state index is 9.16. The highest BCUT2D eigenvalue weighted by Crippen LogP contribution is 2.20. The summed E-state index contributed by atoms with van der Waals surface area (Å²) in [5, 5.41) is 9.73. The number of nitrogens with zero attached hydrogens (tertiary/aromatic N) is 4. The summed E-state index contributed by atoms with van der Waals surface area (Å²) in [6.45, 7) is 2.49. The molecule has 20 heavy (non-hydrogen) atoms. The maximum absolute atomic E-state index is 9.16. The molecule has 98 valence electrons. The molecule has 0 unspecified atom stereocenters. The van der Waals surface area contributed by atoms with E-state index in [1.807, 2.05) is 35.8 Å². The first-order chi connectivity index (χ1) is 9.69. The molecule has 0 spiro atoms.